The first-order valence-electron chi connectivity index (χ1n) is 4.90. The third kappa shape index (κ3) is 4.95. The minimum absolute atomic E-state index is 0.205. The van der Waals surface area contributed by atoms with E-state index in [0.717, 1.165) is 5.22 Å². The third-order valence-corrected chi connectivity index (χ3v) is 2.63. The van der Waals surface area contributed by atoms with Crippen LogP contribution < -0.4 is 10.4 Å². The molecule has 0 aromatic heterocycles. The molecule has 0 radical (unpaired) electrons. The van der Waals surface area contributed by atoms with Gasteiger partial charge in [0.25, 0.3) is 0 Å². The van der Waals surface area contributed by atoms with Crippen LogP contribution in [-0.2, 0) is 4.79 Å². The Hall–Kier alpha value is -1.33. The van der Waals surface area contributed by atoms with Crippen molar-refractivity contribution < 1.29 is 4.79 Å². The van der Waals surface area contributed by atoms with Crippen LogP contribution >= 0.6 is 15.9 Å². The molecule has 0 amide bonds. The Balaban J connectivity index is 0.00000106. The summed E-state index contributed by atoms with van der Waals surface area (Å²) in [5.74, 6) is 0.205. The summed E-state index contributed by atoms with van der Waals surface area (Å²) in [4.78, 5) is 11.1. The monoisotopic (exact) mass is 278 g/mol. The zero-order valence-electron chi connectivity index (χ0n) is 9.32. The Morgan fingerprint density at radius 3 is 2.38 bits per heavy atom. The highest BCUT2D eigenvalue weighted by atomic mass is 79.9. The predicted octanol–water partition coefficient (Wildman–Crippen LogP) is 1.87. The van der Waals surface area contributed by atoms with Gasteiger partial charge in [-0.15, -0.1) is 12.8 Å². The van der Waals surface area contributed by atoms with Gasteiger partial charge in [-0.2, -0.15) is 0 Å². The summed E-state index contributed by atoms with van der Waals surface area (Å²) in [6, 6.07) is 8.05. The van der Waals surface area contributed by atoms with Gasteiger partial charge in [0.15, 0.2) is 0 Å². The van der Waals surface area contributed by atoms with Crippen molar-refractivity contribution in [3.8, 4) is 12.8 Å². The van der Waals surface area contributed by atoms with Crippen molar-refractivity contribution >= 4 is 33.9 Å². The van der Waals surface area contributed by atoms with Crippen LogP contribution in [-0.4, -0.2) is 11.1 Å². The lowest BCUT2D eigenvalue weighted by Crippen LogP contribution is -2.23. The van der Waals surface area contributed by atoms with Crippen LogP contribution in [0.4, 0.5) is 0 Å². The van der Waals surface area contributed by atoms with E-state index in [2.05, 4.69) is 28.8 Å². The molecule has 0 heterocycles. The van der Waals surface area contributed by atoms with E-state index in [-0.39, 0.29) is 5.78 Å². The second-order valence-corrected chi connectivity index (χ2v) is 3.56. The van der Waals surface area contributed by atoms with E-state index in [1.54, 1.807) is 0 Å². The summed E-state index contributed by atoms with van der Waals surface area (Å²) in [5.41, 5.74) is 0. The first kappa shape index (κ1) is 14.7. The Bertz CT molecular complexity index is 457. The van der Waals surface area contributed by atoms with Crippen LogP contribution in [0.2, 0.25) is 0 Å². The molecule has 0 saturated carbocycles. The fourth-order valence-electron chi connectivity index (χ4n) is 1.24. The van der Waals surface area contributed by atoms with E-state index in [0.29, 0.717) is 11.8 Å². The Morgan fingerprint density at radius 1 is 1.31 bits per heavy atom. The number of benzene rings is 1. The van der Waals surface area contributed by atoms with Crippen molar-refractivity contribution in [1.82, 2.24) is 0 Å². The highest BCUT2D eigenvalue weighted by molar-refractivity contribution is 9.09. The van der Waals surface area contributed by atoms with Gasteiger partial charge in [-0.25, -0.2) is 0 Å². The molecule has 2 heteroatoms. The maximum absolute atomic E-state index is 11.1. The molecule has 1 aromatic carbocycles. The number of carbonyl (C=O) groups is 1. The molecule has 1 aromatic rings. The lowest BCUT2D eigenvalue weighted by molar-refractivity contribution is -0.115. The summed E-state index contributed by atoms with van der Waals surface area (Å²) in [5, 5.41) is 2.74. The fourth-order valence-corrected chi connectivity index (χ4v) is 1.47. The summed E-state index contributed by atoms with van der Waals surface area (Å²) >= 11 is 3.15. The second-order valence-electron chi connectivity index (χ2n) is 3.00. The molecule has 1 rings (SSSR count). The van der Waals surface area contributed by atoms with Crippen LogP contribution in [0.5, 0.6) is 0 Å². The van der Waals surface area contributed by atoms with Crippen molar-refractivity contribution in [2.24, 2.45) is 0 Å². The number of alkyl halides is 1. The van der Waals surface area contributed by atoms with Gasteiger partial charge in [0, 0.05) is 6.42 Å². The first-order chi connectivity index (χ1) is 7.77. The number of carbonyl (C=O) groups excluding carboxylic acids is 1. The molecule has 0 aliphatic heterocycles. The summed E-state index contributed by atoms with van der Waals surface area (Å²) < 4.78 is 0. The SMILES string of the molecule is C#C.C/C=c1/cccc/c1=C/CC(=O)CBr. The molecule has 0 bridgehead atoms. The second kappa shape index (κ2) is 8.94. The van der Waals surface area contributed by atoms with Crippen molar-refractivity contribution in [2.75, 3.05) is 5.33 Å². The number of rotatable bonds is 3. The Kier molecular flexibility index (Phi) is 8.19. The van der Waals surface area contributed by atoms with Crippen LogP contribution in [0.25, 0.3) is 12.2 Å². The average molecular weight is 279 g/mol. The molecule has 0 N–H and O–H groups in total. The van der Waals surface area contributed by atoms with Gasteiger partial charge >= 0.3 is 0 Å². The highest BCUT2D eigenvalue weighted by Crippen LogP contribution is 1.89. The topological polar surface area (TPSA) is 17.1 Å². The maximum Gasteiger partial charge on any atom is 0.147 e. The van der Waals surface area contributed by atoms with Gasteiger partial charge < -0.3 is 0 Å². The van der Waals surface area contributed by atoms with Crippen molar-refractivity contribution in [2.45, 2.75) is 13.3 Å². The number of hydrogen-bond acceptors (Lipinski definition) is 1. The summed E-state index contributed by atoms with van der Waals surface area (Å²) in [7, 11) is 0. The lowest BCUT2D eigenvalue weighted by atomic mass is 10.2. The molecule has 0 aliphatic rings. The Labute approximate surface area is 105 Å². The number of ketones is 1. The molecule has 0 fully saturated rings. The molecule has 84 valence electrons. The molecule has 0 aliphatic carbocycles. The van der Waals surface area contributed by atoms with E-state index in [1.807, 2.05) is 43.3 Å². The van der Waals surface area contributed by atoms with E-state index in [4.69, 9.17) is 0 Å². The normalized spacial score (nSPS) is 11.8. The molecular weight excluding hydrogens is 264 g/mol. The van der Waals surface area contributed by atoms with Crippen molar-refractivity contribution in [3.05, 3.63) is 34.7 Å². The highest BCUT2D eigenvalue weighted by Gasteiger charge is 1.93. The smallest absolute Gasteiger partial charge is 0.147 e. The average Bonchev–Trinajstić information content (AvgIpc) is 2.38. The molecule has 0 saturated heterocycles. The molecule has 0 unspecified atom stereocenters. The molecule has 0 atom stereocenters. The summed E-state index contributed by atoms with van der Waals surface area (Å²) in [6.45, 7) is 2.00. The minimum atomic E-state index is 0.205. The van der Waals surface area contributed by atoms with Crippen LogP contribution in [0.1, 0.15) is 13.3 Å². The Morgan fingerprint density at radius 2 is 1.88 bits per heavy atom. The molecule has 1 nitrogen and oxygen atoms in total. The molecule has 0 spiro atoms. The largest absolute Gasteiger partial charge is 0.298 e. The van der Waals surface area contributed by atoms with Crippen LogP contribution in [0.15, 0.2) is 24.3 Å². The van der Waals surface area contributed by atoms with E-state index < -0.39 is 0 Å². The van der Waals surface area contributed by atoms with Crippen LogP contribution in [0.3, 0.4) is 0 Å². The fraction of sp³-hybridized carbons (Fsp3) is 0.214. The van der Waals surface area contributed by atoms with Gasteiger partial charge in [0.2, 0.25) is 0 Å². The van der Waals surface area contributed by atoms with Gasteiger partial charge in [-0.1, -0.05) is 52.3 Å². The summed E-state index contributed by atoms with van der Waals surface area (Å²) in [6.07, 6.45) is 12.5. The number of halogens is 1. The first-order valence-corrected chi connectivity index (χ1v) is 6.02. The van der Waals surface area contributed by atoms with Gasteiger partial charge in [-0.3, -0.25) is 4.79 Å². The zero-order chi connectivity index (χ0) is 12.4. The van der Waals surface area contributed by atoms with Crippen molar-refractivity contribution in [1.29, 1.82) is 0 Å². The number of terminal acetylenes is 1. The number of Topliss-reactive ketones (excluding diaryl/α,β-unsaturated/α-hetero) is 1. The van der Waals surface area contributed by atoms with E-state index in [1.165, 1.54) is 5.22 Å². The molecular formula is C14H15BrO. The van der Waals surface area contributed by atoms with Crippen LogP contribution in [0, 0.1) is 12.8 Å². The zero-order valence-corrected chi connectivity index (χ0v) is 10.9. The maximum atomic E-state index is 11.1. The third-order valence-electron chi connectivity index (χ3n) is 2.01. The standard InChI is InChI=1S/C12H13BrO.C2H2/c1-2-10-5-3-4-6-11(10)7-8-12(14)9-13;1-2/h2-7H,8-9H2,1H3;1-2H/b10-2-,11-7-;. The minimum Gasteiger partial charge on any atom is -0.298 e. The van der Waals surface area contributed by atoms with Gasteiger partial charge in [0.05, 0.1) is 5.33 Å². The van der Waals surface area contributed by atoms with Crippen molar-refractivity contribution in [3.63, 3.8) is 0 Å². The van der Waals surface area contributed by atoms with E-state index in [9.17, 15) is 4.79 Å². The predicted molar refractivity (Wildman–Crippen MR) is 73.6 cm³/mol. The van der Waals surface area contributed by atoms with E-state index >= 15 is 0 Å². The lowest BCUT2D eigenvalue weighted by Gasteiger charge is -1.90. The molecule has 16 heavy (non-hydrogen) atoms. The number of hydrogen-bond donors (Lipinski definition) is 0. The van der Waals surface area contributed by atoms with Gasteiger partial charge in [0.1, 0.15) is 5.78 Å². The quantitative estimate of drug-likeness (QED) is 0.610. The van der Waals surface area contributed by atoms with Gasteiger partial charge in [-0.05, 0) is 17.4 Å².